The first-order valence-corrected chi connectivity index (χ1v) is 13.3. The lowest BCUT2D eigenvalue weighted by molar-refractivity contribution is -0.116. The van der Waals surface area contributed by atoms with Gasteiger partial charge < -0.3 is 15.4 Å². The summed E-state index contributed by atoms with van der Waals surface area (Å²) in [5, 5.41) is 6.20. The summed E-state index contributed by atoms with van der Waals surface area (Å²) in [5.74, 6) is -0.506. The van der Waals surface area contributed by atoms with E-state index in [2.05, 4.69) is 10.6 Å². The van der Waals surface area contributed by atoms with Crippen molar-refractivity contribution in [3.8, 4) is 0 Å². The van der Waals surface area contributed by atoms with Gasteiger partial charge in [-0.1, -0.05) is 19.9 Å². The molecular weight excluding hydrogens is 456 g/mol. The van der Waals surface area contributed by atoms with E-state index in [-0.39, 0.29) is 23.0 Å². The molecule has 1 unspecified atom stereocenters. The van der Waals surface area contributed by atoms with E-state index in [9.17, 15) is 14.4 Å². The molecule has 0 saturated heterocycles. The van der Waals surface area contributed by atoms with Crippen molar-refractivity contribution in [3.05, 3.63) is 40.3 Å². The van der Waals surface area contributed by atoms with Gasteiger partial charge in [-0.15, -0.1) is 23.1 Å². The van der Waals surface area contributed by atoms with Gasteiger partial charge in [0, 0.05) is 21.9 Å². The van der Waals surface area contributed by atoms with Crippen LogP contribution in [0.25, 0.3) is 0 Å². The predicted octanol–water partition coefficient (Wildman–Crippen LogP) is 6.05. The molecule has 178 valence electrons. The van der Waals surface area contributed by atoms with Crippen LogP contribution in [0.15, 0.2) is 29.2 Å². The van der Waals surface area contributed by atoms with E-state index in [0.29, 0.717) is 30.0 Å². The number of hydrogen-bond donors (Lipinski definition) is 2. The molecular formula is C25H32N2O4S2. The van der Waals surface area contributed by atoms with Gasteiger partial charge in [-0.25, -0.2) is 4.79 Å². The number of amides is 2. The largest absolute Gasteiger partial charge is 0.462 e. The fourth-order valence-corrected chi connectivity index (χ4v) is 6.14. The Balaban J connectivity index is 1.75. The van der Waals surface area contributed by atoms with Crippen LogP contribution in [0.4, 0.5) is 10.7 Å². The van der Waals surface area contributed by atoms with Crippen LogP contribution in [-0.4, -0.2) is 29.6 Å². The molecule has 1 aliphatic carbocycles. The Bertz CT molecular complexity index is 1000. The molecule has 1 aromatic heterocycles. The number of rotatable bonds is 10. The molecule has 1 aliphatic rings. The van der Waals surface area contributed by atoms with Crippen LogP contribution in [0.2, 0.25) is 0 Å². The van der Waals surface area contributed by atoms with E-state index in [0.717, 1.165) is 48.3 Å². The van der Waals surface area contributed by atoms with E-state index < -0.39 is 0 Å². The van der Waals surface area contributed by atoms with Crippen molar-refractivity contribution >= 4 is 51.6 Å². The normalized spacial score (nSPS) is 13.7. The Kier molecular flexibility index (Phi) is 9.38. The maximum Gasteiger partial charge on any atom is 0.341 e. The van der Waals surface area contributed by atoms with Crippen LogP contribution in [-0.2, 0) is 27.2 Å². The van der Waals surface area contributed by atoms with Crippen LogP contribution in [0, 0.1) is 0 Å². The van der Waals surface area contributed by atoms with Crippen molar-refractivity contribution in [3.63, 3.8) is 0 Å². The number of anilines is 2. The third-order valence-electron chi connectivity index (χ3n) is 5.42. The van der Waals surface area contributed by atoms with Gasteiger partial charge in [0.1, 0.15) is 5.00 Å². The van der Waals surface area contributed by atoms with Crippen molar-refractivity contribution in [1.82, 2.24) is 0 Å². The summed E-state index contributed by atoms with van der Waals surface area (Å²) in [7, 11) is 0. The van der Waals surface area contributed by atoms with E-state index in [4.69, 9.17) is 4.74 Å². The Labute approximate surface area is 203 Å². The molecule has 1 atom stereocenters. The minimum Gasteiger partial charge on any atom is -0.462 e. The number of nitrogens with one attached hydrogen (secondary N) is 2. The minimum atomic E-state index is -0.358. The van der Waals surface area contributed by atoms with Gasteiger partial charge in [0.25, 0.3) is 0 Å². The molecule has 2 amide bonds. The van der Waals surface area contributed by atoms with Crippen molar-refractivity contribution in [2.45, 2.75) is 75.9 Å². The Morgan fingerprint density at radius 2 is 1.91 bits per heavy atom. The van der Waals surface area contributed by atoms with Gasteiger partial charge in [-0.05, 0) is 69.2 Å². The van der Waals surface area contributed by atoms with E-state index >= 15 is 0 Å². The number of fused-ring (bicyclic) bond motifs is 1. The summed E-state index contributed by atoms with van der Waals surface area (Å²) in [6, 6.07) is 7.55. The van der Waals surface area contributed by atoms with Crippen molar-refractivity contribution in [2.24, 2.45) is 0 Å². The molecule has 0 spiro atoms. The highest BCUT2D eigenvalue weighted by Crippen LogP contribution is 2.39. The Morgan fingerprint density at radius 1 is 1.12 bits per heavy atom. The molecule has 2 N–H and O–H groups in total. The Morgan fingerprint density at radius 3 is 2.64 bits per heavy atom. The van der Waals surface area contributed by atoms with Gasteiger partial charge in [0.05, 0.1) is 17.4 Å². The Hall–Kier alpha value is -2.32. The molecule has 1 heterocycles. The number of thioether (sulfide) groups is 1. The molecule has 0 aliphatic heterocycles. The average molecular weight is 489 g/mol. The van der Waals surface area contributed by atoms with Crippen molar-refractivity contribution in [2.75, 3.05) is 17.2 Å². The number of thiophene rings is 1. The molecule has 0 fully saturated rings. The lowest BCUT2D eigenvalue weighted by Gasteiger charge is -2.16. The van der Waals surface area contributed by atoms with Crippen molar-refractivity contribution in [1.29, 1.82) is 0 Å². The lowest BCUT2D eigenvalue weighted by Crippen LogP contribution is -2.25. The van der Waals surface area contributed by atoms with E-state index in [1.165, 1.54) is 28.0 Å². The maximum atomic E-state index is 13.2. The first-order chi connectivity index (χ1) is 16.0. The first-order valence-electron chi connectivity index (χ1n) is 11.7. The highest BCUT2D eigenvalue weighted by Gasteiger charge is 2.28. The molecule has 33 heavy (non-hydrogen) atoms. The topological polar surface area (TPSA) is 84.5 Å². The highest BCUT2D eigenvalue weighted by atomic mass is 32.2. The third kappa shape index (κ3) is 6.60. The van der Waals surface area contributed by atoms with Crippen LogP contribution < -0.4 is 10.6 Å². The number of hydrogen-bond acceptors (Lipinski definition) is 6. The standard InChI is InChI=1S/C25H32N2O4S2/c1-4-10-21(28)26-16-11-9-12-17(15-16)32-19(5-2)23(29)27-24-22(25(30)31-6-3)18-13-7-8-14-20(18)33-24/h9,11-12,15,19H,4-8,10,13-14H2,1-3H3,(H,26,28)(H,27,29). The van der Waals surface area contributed by atoms with Gasteiger partial charge in [0.2, 0.25) is 11.8 Å². The highest BCUT2D eigenvalue weighted by molar-refractivity contribution is 8.00. The molecule has 1 aromatic carbocycles. The number of carbonyl (C=O) groups is 3. The maximum absolute atomic E-state index is 13.2. The zero-order valence-electron chi connectivity index (χ0n) is 19.5. The summed E-state index contributed by atoms with van der Waals surface area (Å²) in [4.78, 5) is 39.9. The number of aryl methyl sites for hydroxylation is 1. The predicted molar refractivity (Wildman–Crippen MR) is 135 cm³/mol. The molecule has 2 aromatic rings. The first kappa shape index (κ1) is 25.3. The van der Waals surface area contributed by atoms with E-state index in [1.807, 2.05) is 38.1 Å². The van der Waals surface area contributed by atoms with Gasteiger partial charge in [-0.3, -0.25) is 9.59 Å². The van der Waals surface area contributed by atoms with Crippen LogP contribution in [0.5, 0.6) is 0 Å². The fraction of sp³-hybridized carbons (Fsp3) is 0.480. The SMILES string of the molecule is CCCC(=O)Nc1cccc(SC(CC)C(=O)Nc2sc3c(c2C(=O)OCC)CCCC3)c1. The monoisotopic (exact) mass is 488 g/mol. The van der Waals surface area contributed by atoms with Crippen LogP contribution in [0.1, 0.15) is 73.7 Å². The summed E-state index contributed by atoms with van der Waals surface area (Å²) >= 11 is 2.96. The van der Waals surface area contributed by atoms with Crippen LogP contribution in [0.3, 0.4) is 0 Å². The van der Waals surface area contributed by atoms with Gasteiger partial charge >= 0.3 is 5.97 Å². The quantitative estimate of drug-likeness (QED) is 0.314. The second kappa shape index (κ2) is 12.2. The second-order valence-electron chi connectivity index (χ2n) is 7.97. The molecule has 0 saturated carbocycles. The van der Waals surface area contributed by atoms with E-state index in [1.54, 1.807) is 6.92 Å². The molecule has 3 rings (SSSR count). The summed E-state index contributed by atoms with van der Waals surface area (Å²) < 4.78 is 5.30. The smallest absolute Gasteiger partial charge is 0.341 e. The molecule has 8 heteroatoms. The molecule has 0 bridgehead atoms. The zero-order valence-corrected chi connectivity index (χ0v) is 21.1. The number of ether oxygens (including phenoxy) is 1. The molecule has 6 nitrogen and oxygen atoms in total. The second-order valence-corrected chi connectivity index (χ2v) is 10.3. The fourth-order valence-electron chi connectivity index (χ4n) is 3.85. The summed E-state index contributed by atoms with van der Waals surface area (Å²) in [6.45, 7) is 6.02. The third-order valence-corrected chi connectivity index (χ3v) is 7.99. The number of benzene rings is 1. The average Bonchev–Trinajstić information content (AvgIpc) is 3.15. The van der Waals surface area contributed by atoms with Crippen molar-refractivity contribution < 1.29 is 19.1 Å². The van der Waals surface area contributed by atoms with Gasteiger partial charge in [0.15, 0.2) is 0 Å². The van der Waals surface area contributed by atoms with Crippen LogP contribution >= 0.6 is 23.1 Å². The summed E-state index contributed by atoms with van der Waals surface area (Å²) in [6.07, 6.45) is 5.82. The number of esters is 1. The number of carbonyl (C=O) groups excluding carboxylic acids is 3. The van der Waals surface area contributed by atoms with Gasteiger partial charge in [-0.2, -0.15) is 0 Å². The molecule has 0 radical (unpaired) electrons. The zero-order chi connectivity index (χ0) is 23.8. The lowest BCUT2D eigenvalue weighted by atomic mass is 9.95. The minimum absolute atomic E-state index is 0.0161. The summed E-state index contributed by atoms with van der Waals surface area (Å²) in [5.41, 5.74) is 2.30.